The molecule has 0 aliphatic heterocycles. The summed E-state index contributed by atoms with van der Waals surface area (Å²) < 4.78 is 27.7. The predicted molar refractivity (Wildman–Crippen MR) is 100 cm³/mol. The number of unbranched alkanes of at least 4 members (excludes halogenated alkanes) is 1. The molecule has 0 saturated heterocycles. The number of sulfonamides is 1. The van der Waals surface area contributed by atoms with Crippen LogP contribution >= 0.6 is 23.2 Å². The van der Waals surface area contributed by atoms with Gasteiger partial charge in [-0.05, 0) is 55.2 Å². The van der Waals surface area contributed by atoms with Crippen molar-refractivity contribution >= 4 is 33.2 Å². The molecule has 0 saturated carbocycles. The van der Waals surface area contributed by atoms with Crippen molar-refractivity contribution in [3.8, 4) is 0 Å². The Labute approximate surface area is 154 Å². The smallest absolute Gasteiger partial charge is 0.207 e. The molecule has 1 atom stereocenters. The van der Waals surface area contributed by atoms with E-state index in [0.717, 1.165) is 24.8 Å². The number of hydrogen-bond donors (Lipinski definition) is 1. The quantitative estimate of drug-likeness (QED) is 0.695. The van der Waals surface area contributed by atoms with Crippen LogP contribution in [0, 0.1) is 0 Å². The lowest BCUT2D eigenvalue weighted by atomic mass is 10.1. The Morgan fingerprint density at radius 3 is 2.33 bits per heavy atom. The SMILES string of the molecule is CCCCc1ccc(S(=O)(=O)N[C@H](C)c2ccc(Cl)cc2Cl)cc1. The zero-order valence-corrected chi connectivity index (χ0v) is 16.0. The van der Waals surface area contributed by atoms with Gasteiger partial charge in [0.1, 0.15) is 0 Å². The first-order valence-electron chi connectivity index (χ1n) is 7.89. The Morgan fingerprint density at radius 1 is 1.08 bits per heavy atom. The minimum Gasteiger partial charge on any atom is -0.207 e. The average molecular weight is 386 g/mol. The van der Waals surface area contributed by atoms with Crippen LogP contribution in [0.4, 0.5) is 0 Å². The Morgan fingerprint density at radius 2 is 1.75 bits per heavy atom. The molecule has 0 aliphatic rings. The summed E-state index contributed by atoms with van der Waals surface area (Å²) in [5, 5.41) is 0.953. The minimum absolute atomic E-state index is 0.250. The van der Waals surface area contributed by atoms with Gasteiger partial charge < -0.3 is 0 Å². The second-order valence-electron chi connectivity index (χ2n) is 5.76. The molecule has 0 amide bonds. The van der Waals surface area contributed by atoms with Crippen molar-refractivity contribution in [3.05, 3.63) is 63.6 Å². The van der Waals surface area contributed by atoms with Gasteiger partial charge >= 0.3 is 0 Å². The number of nitrogens with one attached hydrogen (secondary N) is 1. The van der Waals surface area contributed by atoms with Crippen LogP contribution in [0.2, 0.25) is 10.0 Å². The Balaban J connectivity index is 2.15. The lowest BCUT2D eigenvalue weighted by Crippen LogP contribution is -2.27. The molecule has 0 radical (unpaired) electrons. The van der Waals surface area contributed by atoms with E-state index in [0.29, 0.717) is 15.6 Å². The summed E-state index contributed by atoms with van der Waals surface area (Å²) >= 11 is 12.0. The molecule has 0 bridgehead atoms. The molecule has 0 aromatic heterocycles. The summed E-state index contributed by atoms with van der Waals surface area (Å²) in [6.07, 6.45) is 3.17. The maximum Gasteiger partial charge on any atom is 0.241 e. The van der Waals surface area contributed by atoms with Crippen molar-refractivity contribution in [3.63, 3.8) is 0 Å². The van der Waals surface area contributed by atoms with Crippen molar-refractivity contribution in [2.75, 3.05) is 0 Å². The lowest BCUT2D eigenvalue weighted by Gasteiger charge is -2.16. The van der Waals surface area contributed by atoms with Crippen LogP contribution in [0.1, 0.15) is 43.9 Å². The van der Waals surface area contributed by atoms with Crippen LogP contribution in [0.15, 0.2) is 47.4 Å². The molecule has 6 heteroatoms. The highest BCUT2D eigenvalue weighted by Crippen LogP contribution is 2.27. The third-order valence-corrected chi connectivity index (χ3v) is 5.93. The summed E-state index contributed by atoms with van der Waals surface area (Å²) in [4.78, 5) is 0.250. The molecular weight excluding hydrogens is 365 g/mol. The van der Waals surface area contributed by atoms with Crippen LogP contribution in [0.25, 0.3) is 0 Å². The Hall–Kier alpha value is -1.07. The second-order valence-corrected chi connectivity index (χ2v) is 8.31. The summed E-state index contributed by atoms with van der Waals surface area (Å²) in [6, 6.07) is 11.6. The molecule has 0 unspecified atom stereocenters. The number of aryl methyl sites for hydroxylation is 1. The molecule has 0 fully saturated rings. The van der Waals surface area contributed by atoms with Crippen LogP contribution < -0.4 is 4.72 Å². The third-order valence-electron chi connectivity index (χ3n) is 3.81. The fourth-order valence-corrected chi connectivity index (χ4v) is 4.23. The summed E-state index contributed by atoms with van der Waals surface area (Å²) in [7, 11) is -3.61. The van der Waals surface area contributed by atoms with Gasteiger partial charge in [0.15, 0.2) is 0 Å². The van der Waals surface area contributed by atoms with Gasteiger partial charge in [0, 0.05) is 16.1 Å². The third kappa shape index (κ3) is 4.96. The molecule has 0 spiro atoms. The van der Waals surface area contributed by atoms with E-state index in [2.05, 4.69) is 11.6 Å². The normalized spacial score (nSPS) is 13.0. The topological polar surface area (TPSA) is 46.2 Å². The van der Waals surface area contributed by atoms with E-state index in [-0.39, 0.29) is 4.90 Å². The van der Waals surface area contributed by atoms with E-state index in [1.165, 1.54) is 0 Å². The van der Waals surface area contributed by atoms with E-state index in [1.807, 2.05) is 12.1 Å². The maximum absolute atomic E-state index is 12.5. The highest BCUT2D eigenvalue weighted by atomic mass is 35.5. The van der Waals surface area contributed by atoms with E-state index in [9.17, 15) is 8.42 Å². The van der Waals surface area contributed by atoms with E-state index in [1.54, 1.807) is 37.3 Å². The zero-order chi connectivity index (χ0) is 17.7. The fourth-order valence-electron chi connectivity index (χ4n) is 2.43. The lowest BCUT2D eigenvalue weighted by molar-refractivity contribution is 0.567. The molecule has 3 nitrogen and oxygen atoms in total. The Kier molecular flexibility index (Phi) is 6.70. The first-order chi connectivity index (χ1) is 11.3. The van der Waals surface area contributed by atoms with Gasteiger partial charge in [-0.1, -0.05) is 54.7 Å². The summed E-state index contributed by atoms with van der Waals surface area (Å²) in [5.74, 6) is 0. The Bertz CT molecular complexity index is 789. The fraction of sp³-hybridized carbons (Fsp3) is 0.333. The largest absolute Gasteiger partial charge is 0.241 e. The van der Waals surface area contributed by atoms with Crippen molar-refractivity contribution in [2.24, 2.45) is 0 Å². The van der Waals surface area contributed by atoms with Gasteiger partial charge in [0.05, 0.1) is 4.90 Å². The van der Waals surface area contributed by atoms with Crippen molar-refractivity contribution in [1.82, 2.24) is 4.72 Å². The molecule has 2 aromatic rings. The van der Waals surface area contributed by atoms with Crippen molar-refractivity contribution < 1.29 is 8.42 Å². The molecule has 0 aliphatic carbocycles. The van der Waals surface area contributed by atoms with E-state index < -0.39 is 16.1 Å². The van der Waals surface area contributed by atoms with Crippen molar-refractivity contribution in [1.29, 1.82) is 0 Å². The zero-order valence-electron chi connectivity index (χ0n) is 13.7. The number of hydrogen-bond acceptors (Lipinski definition) is 2. The molecule has 2 rings (SSSR count). The molecule has 2 aromatic carbocycles. The van der Waals surface area contributed by atoms with Crippen molar-refractivity contribution in [2.45, 2.75) is 44.0 Å². The average Bonchev–Trinajstić information content (AvgIpc) is 2.52. The van der Waals surface area contributed by atoms with Gasteiger partial charge in [-0.25, -0.2) is 13.1 Å². The number of halogens is 2. The first-order valence-corrected chi connectivity index (χ1v) is 10.1. The highest BCUT2D eigenvalue weighted by Gasteiger charge is 2.20. The number of benzene rings is 2. The number of rotatable bonds is 7. The minimum atomic E-state index is -3.61. The van der Waals surface area contributed by atoms with Gasteiger partial charge in [-0.3, -0.25) is 0 Å². The van der Waals surface area contributed by atoms with Crippen LogP contribution in [-0.2, 0) is 16.4 Å². The molecule has 24 heavy (non-hydrogen) atoms. The monoisotopic (exact) mass is 385 g/mol. The summed E-state index contributed by atoms with van der Waals surface area (Å²) in [5.41, 5.74) is 1.83. The standard InChI is InChI=1S/C18H21Cl2NO2S/c1-3-4-5-14-6-9-16(10-7-14)24(22,23)21-13(2)17-11-8-15(19)12-18(17)20/h6-13,21H,3-5H2,1-2H3/t13-/m1/s1. The first kappa shape index (κ1) is 19.3. The van der Waals surface area contributed by atoms with Crippen LogP contribution in [-0.4, -0.2) is 8.42 Å². The van der Waals surface area contributed by atoms with E-state index >= 15 is 0 Å². The van der Waals surface area contributed by atoms with Gasteiger partial charge in [0.25, 0.3) is 0 Å². The highest BCUT2D eigenvalue weighted by molar-refractivity contribution is 7.89. The van der Waals surface area contributed by atoms with E-state index in [4.69, 9.17) is 23.2 Å². The van der Waals surface area contributed by atoms with Gasteiger partial charge in [0.2, 0.25) is 10.0 Å². The predicted octanol–water partition coefficient (Wildman–Crippen LogP) is 5.38. The van der Waals surface area contributed by atoms with Gasteiger partial charge in [-0.15, -0.1) is 0 Å². The van der Waals surface area contributed by atoms with Gasteiger partial charge in [-0.2, -0.15) is 0 Å². The molecule has 0 heterocycles. The summed E-state index contributed by atoms with van der Waals surface area (Å²) in [6.45, 7) is 3.88. The van der Waals surface area contributed by atoms with Crippen LogP contribution in [0.3, 0.4) is 0 Å². The molecular formula is C18H21Cl2NO2S. The molecule has 130 valence electrons. The van der Waals surface area contributed by atoms with Crippen LogP contribution in [0.5, 0.6) is 0 Å². The molecule has 1 N–H and O–H groups in total. The second kappa shape index (κ2) is 8.34. The maximum atomic E-state index is 12.5.